The highest BCUT2D eigenvalue weighted by atomic mass is 35.5. The lowest BCUT2D eigenvalue weighted by molar-refractivity contribution is -0.147. The second kappa shape index (κ2) is 6.01. The number of ether oxygens (including phenoxy) is 1. The number of halogens is 1. The van der Waals surface area contributed by atoms with E-state index >= 15 is 0 Å². The summed E-state index contributed by atoms with van der Waals surface area (Å²) in [4.78, 5) is 23.4. The Morgan fingerprint density at radius 2 is 2.06 bits per heavy atom. The SMILES string of the molecule is CC(C)OC(=O)CCC(=O)c1ccc(Cl)s1. The molecule has 0 amide bonds. The van der Waals surface area contributed by atoms with Crippen LogP contribution in [0.15, 0.2) is 12.1 Å². The third-order valence-corrected chi connectivity index (χ3v) is 3.04. The van der Waals surface area contributed by atoms with E-state index in [4.69, 9.17) is 16.3 Å². The molecule has 16 heavy (non-hydrogen) atoms. The smallest absolute Gasteiger partial charge is 0.306 e. The van der Waals surface area contributed by atoms with Gasteiger partial charge in [-0.05, 0) is 26.0 Å². The van der Waals surface area contributed by atoms with E-state index in [-0.39, 0.29) is 30.7 Å². The second-order valence-corrected chi connectivity index (χ2v) is 5.28. The maximum absolute atomic E-state index is 11.6. The van der Waals surface area contributed by atoms with E-state index in [0.29, 0.717) is 9.21 Å². The van der Waals surface area contributed by atoms with Crippen molar-refractivity contribution in [2.24, 2.45) is 0 Å². The molecule has 0 aromatic carbocycles. The van der Waals surface area contributed by atoms with Crippen LogP contribution in [0.25, 0.3) is 0 Å². The minimum atomic E-state index is -0.342. The van der Waals surface area contributed by atoms with Crippen LogP contribution in [0.2, 0.25) is 4.34 Å². The fourth-order valence-electron chi connectivity index (χ4n) is 1.12. The zero-order chi connectivity index (χ0) is 12.1. The topological polar surface area (TPSA) is 43.4 Å². The summed E-state index contributed by atoms with van der Waals surface area (Å²) < 4.78 is 5.50. The molecule has 0 fully saturated rings. The molecule has 1 aromatic heterocycles. The summed E-state index contributed by atoms with van der Waals surface area (Å²) in [6, 6.07) is 3.34. The number of rotatable bonds is 5. The van der Waals surface area contributed by atoms with Crippen LogP contribution in [0.5, 0.6) is 0 Å². The van der Waals surface area contributed by atoms with Gasteiger partial charge >= 0.3 is 5.97 Å². The molecule has 0 saturated heterocycles. The van der Waals surface area contributed by atoms with Crippen molar-refractivity contribution >= 4 is 34.7 Å². The minimum Gasteiger partial charge on any atom is -0.463 e. The second-order valence-electron chi connectivity index (χ2n) is 3.57. The van der Waals surface area contributed by atoms with Crippen LogP contribution in [0, 0.1) is 0 Å². The van der Waals surface area contributed by atoms with Crippen LogP contribution in [-0.2, 0) is 9.53 Å². The lowest BCUT2D eigenvalue weighted by Gasteiger charge is -2.06. The zero-order valence-electron chi connectivity index (χ0n) is 9.16. The van der Waals surface area contributed by atoms with Gasteiger partial charge in [0.25, 0.3) is 0 Å². The van der Waals surface area contributed by atoms with E-state index in [1.165, 1.54) is 11.3 Å². The third kappa shape index (κ3) is 4.33. The number of thiophene rings is 1. The lowest BCUT2D eigenvalue weighted by Crippen LogP contribution is -2.12. The van der Waals surface area contributed by atoms with E-state index in [9.17, 15) is 9.59 Å². The molecule has 0 radical (unpaired) electrons. The standard InChI is InChI=1S/C11H13ClO3S/c1-7(2)15-11(14)6-3-8(13)9-4-5-10(12)16-9/h4-5,7H,3,6H2,1-2H3. The molecule has 1 aromatic rings. The Morgan fingerprint density at radius 1 is 1.38 bits per heavy atom. The fraction of sp³-hybridized carbons (Fsp3) is 0.455. The monoisotopic (exact) mass is 260 g/mol. The largest absolute Gasteiger partial charge is 0.463 e. The van der Waals surface area contributed by atoms with E-state index in [1.807, 2.05) is 0 Å². The third-order valence-electron chi connectivity index (χ3n) is 1.77. The molecule has 5 heteroatoms. The number of hydrogen-bond acceptors (Lipinski definition) is 4. The zero-order valence-corrected chi connectivity index (χ0v) is 10.7. The van der Waals surface area contributed by atoms with Gasteiger partial charge in [0.1, 0.15) is 0 Å². The lowest BCUT2D eigenvalue weighted by atomic mass is 10.2. The van der Waals surface area contributed by atoms with E-state index in [2.05, 4.69) is 0 Å². The highest BCUT2D eigenvalue weighted by molar-refractivity contribution is 7.18. The molecule has 0 bridgehead atoms. The molecule has 0 aliphatic carbocycles. The molecule has 0 saturated carbocycles. The number of ketones is 1. The Hall–Kier alpha value is -0.870. The van der Waals surface area contributed by atoms with Gasteiger partial charge in [0.2, 0.25) is 0 Å². The summed E-state index contributed by atoms with van der Waals surface area (Å²) in [5, 5.41) is 0. The molecule has 1 heterocycles. The molecule has 3 nitrogen and oxygen atoms in total. The Labute approximate surface area is 103 Å². The number of hydrogen-bond donors (Lipinski definition) is 0. The van der Waals surface area contributed by atoms with Gasteiger partial charge in [0.15, 0.2) is 5.78 Å². The average Bonchev–Trinajstić information content (AvgIpc) is 2.60. The predicted molar refractivity (Wildman–Crippen MR) is 64.1 cm³/mol. The highest BCUT2D eigenvalue weighted by Crippen LogP contribution is 2.22. The average molecular weight is 261 g/mol. The van der Waals surface area contributed by atoms with Gasteiger partial charge in [-0.3, -0.25) is 9.59 Å². The quantitative estimate of drug-likeness (QED) is 0.603. The van der Waals surface area contributed by atoms with Crippen LogP contribution in [0.3, 0.4) is 0 Å². The molecule has 1 rings (SSSR count). The van der Waals surface area contributed by atoms with E-state index < -0.39 is 0 Å². The Kier molecular flexibility index (Phi) is 4.96. The molecule has 0 N–H and O–H groups in total. The molecular weight excluding hydrogens is 248 g/mol. The van der Waals surface area contributed by atoms with Crippen molar-refractivity contribution in [1.29, 1.82) is 0 Å². The molecule has 0 aliphatic rings. The van der Waals surface area contributed by atoms with Crippen LogP contribution in [-0.4, -0.2) is 17.9 Å². The van der Waals surface area contributed by atoms with Gasteiger partial charge in [0.05, 0.1) is 21.7 Å². The normalized spacial score (nSPS) is 10.5. The van der Waals surface area contributed by atoms with Gasteiger partial charge in [-0.15, -0.1) is 11.3 Å². The van der Waals surface area contributed by atoms with Crippen molar-refractivity contribution in [3.8, 4) is 0 Å². The Morgan fingerprint density at radius 3 is 2.56 bits per heavy atom. The first kappa shape index (κ1) is 13.2. The highest BCUT2D eigenvalue weighted by Gasteiger charge is 2.12. The van der Waals surface area contributed by atoms with Crippen molar-refractivity contribution in [3.05, 3.63) is 21.3 Å². The number of carbonyl (C=O) groups excluding carboxylic acids is 2. The molecule has 0 spiro atoms. The van der Waals surface area contributed by atoms with E-state index in [0.717, 1.165) is 0 Å². The Bertz CT molecular complexity index is 384. The molecule has 88 valence electrons. The summed E-state index contributed by atoms with van der Waals surface area (Å²) in [7, 11) is 0. The summed E-state index contributed by atoms with van der Waals surface area (Å²) in [6.45, 7) is 3.55. The number of carbonyl (C=O) groups is 2. The van der Waals surface area contributed by atoms with Gasteiger partial charge in [-0.25, -0.2) is 0 Å². The van der Waals surface area contributed by atoms with Crippen molar-refractivity contribution < 1.29 is 14.3 Å². The van der Waals surface area contributed by atoms with Crippen molar-refractivity contribution in [2.75, 3.05) is 0 Å². The van der Waals surface area contributed by atoms with Gasteiger partial charge < -0.3 is 4.74 Å². The summed E-state index contributed by atoms with van der Waals surface area (Å²) in [5.74, 6) is -0.413. The molecular formula is C11H13ClO3S. The van der Waals surface area contributed by atoms with Crippen LogP contribution in [0.1, 0.15) is 36.4 Å². The van der Waals surface area contributed by atoms with Gasteiger partial charge in [-0.2, -0.15) is 0 Å². The van der Waals surface area contributed by atoms with Crippen LogP contribution < -0.4 is 0 Å². The van der Waals surface area contributed by atoms with Crippen LogP contribution >= 0.6 is 22.9 Å². The summed E-state index contributed by atoms with van der Waals surface area (Å²) in [5.41, 5.74) is 0. The molecule has 0 atom stereocenters. The minimum absolute atomic E-state index is 0.0717. The van der Waals surface area contributed by atoms with Gasteiger partial charge in [-0.1, -0.05) is 11.6 Å². The van der Waals surface area contributed by atoms with Crippen molar-refractivity contribution in [2.45, 2.75) is 32.8 Å². The fourth-order valence-corrected chi connectivity index (χ4v) is 2.14. The predicted octanol–water partition coefficient (Wildman–Crippen LogP) is 3.32. The number of esters is 1. The first-order valence-electron chi connectivity index (χ1n) is 4.97. The maximum atomic E-state index is 11.6. The maximum Gasteiger partial charge on any atom is 0.306 e. The summed E-state index contributed by atoms with van der Waals surface area (Å²) in [6.07, 6.45) is 0.147. The van der Waals surface area contributed by atoms with Crippen molar-refractivity contribution in [3.63, 3.8) is 0 Å². The molecule has 0 aliphatic heterocycles. The van der Waals surface area contributed by atoms with Crippen LogP contribution in [0.4, 0.5) is 0 Å². The van der Waals surface area contributed by atoms with E-state index in [1.54, 1.807) is 26.0 Å². The van der Waals surface area contributed by atoms with Gasteiger partial charge in [0, 0.05) is 6.42 Å². The number of Topliss-reactive ketones (excluding diaryl/α,β-unsaturated/α-hetero) is 1. The molecule has 0 unspecified atom stereocenters. The Balaban J connectivity index is 2.38. The first-order chi connectivity index (χ1) is 7.49. The first-order valence-corrected chi connectivity index (χ1v) is 6.16. The summed E-state index contributed by atoms with van der Waals surface area (Å²) >= 11 is 6.94. The van der Waals surface area contributed by atoms with Crippen molar-refractivity contribution in [1.82, 2.24) is 0 Å².